The largest absolute Gasteiger partial charge is 0.342 e. The minimum Gasteiger partial charge on any atom is -0.342 e. The van der Waals surface area contributed by atoms with Crippen molar-refractivity contribution in [3.63, 3.8) is 0 Å². The first-order valence-corrected chi connectivity index (χ1v) is 6.90. The van der Waals surface area contributed by atoms with E-state index in [2.05, 4.69) is 17.2 Å². The average molecular weight is 264 g/mol. The van der Waals surface area contributed by atoms with Crippen LogP contribution in [0.15, 0.2) is 0 Å². The molecule has 4 nitrogen and oxygen atoms in total. The maximum atomic E-state index is 12.5. The minimum absolute atomic E-state index is 0.0196. The molecule has 1 aliphatic heterocycles. The fraction of sp³-hybridized carbons (Fsp3) is 0.733. The van der Waals surface area contributed by atoms with E-state index in [0.29, 0.717) is 13.0 Å². The highest BCUT2D eigenvalue weighted by atomic mass is 16.2. The van der Waals surface area contributed by atoms with Crippen LogP contribution in [0, 0.1) is 23.7 Å². The molecule has 0 aromatic heterocycles. The maximum Gasteiger partial charge on any atom is 0.246 e. The number of piperazine rings is 1. The van der Waals surface area contributed by atoms with Crippen LogP contribution >= 0.6 is 0 Å². The van der Waals surface area contributed by atoms with Crippen molar-refractivity contribution in [2.45, 2.75) is 53.1 Å². The van der Waals surface area contributed by atoms with Crippen LogP contribution < -0.4 is 5.32 Å². The van der Waals surface area contributed by atoms with Gasteiger partial charge >= 0.3 is 0 Å². The molecule has 1 aliphatic rings. The summed E-state index contributed by atoms with van der Waals surface area (Å²) in [6.45, 7) is 10.1. The van der Waals surface area contributed by atoms with Gasteiger partial charge in [-0.3, -0.25) is 9.59 Å². The van der Waals surface area contributed by atoms with E-state index in [-0.39, 0.29) is 29.7 Å². The number of nitrogens with one attached hydrogen (secondary N) is 1. The SMILES string of the molecule is CC#CCCN1C(=O)C(C(C)C)NC(=O)C1C(C)C. The lowest BCUT2D eigenvalue weighted by atomic mass is 9.93. The zero-order valence-electron chi connectivity index (χ0n) is 12.5. The Labute approximate surface area is 115 Å². The van der Waals surface area contributed by atoms with Gasteiger partial charge in [-0.15, -0.1) is 11.8 Å². The van der Waals surface area contributed by atoms with Gasteiger partial charge in [0.2, 0.25) is 11.8 Å². The molecule has 106 valence electrons. The van der Waals surface area contributed by atoms with Gasteiger partial charge in [0.25, 0.3) is 0 Å². The highest BCUT2D eigenvalue weighted by Crippen LogP contribution is 2.20. The van der Waals surface area contributed by atoms with Crippen LogP contribution in [-0.4, -0.2) is 35.3 Å². The third-order valence-electron chi connectivity index (χ3n) is 3.40. The number of nitrogens with zero attached hydrogens (tertiary/aromatic N) is 1. The van der Waals surface area contributed by atoms with Crippen LogP contribution in [0.4, 0.5) is 0 Å². The van der Waals surface area contributed by atoms with Crippen molar-refractivity contribution < 1.29 is 9.59 Å². The molecule has 0 radical (unpaired) electrons. The molecule has 0 bridgehead atoms. The van der Waals surface area contributed by atoms with Gasteiger partial charge in [0, 0.05) is 13.0 Å². The monoisotopic (exact) mass is 264 g/mol. The van der Waals surface area contributed by atoms with E-state index < -0.39 is 6.04 Å². The van der Waals surface area contributed by atoms with Crippen molar-refractivity contribution in [1.82, 2.24) is 10.2 Å². The van der Waals surface area contributed by atoms with Crippen LogP contribution in [0.1, 0.15) is 41.0 Å². The summed E-state index contributed by atoms with van der Waals surface area (Å²) in [5, 5.41) is 2.85. The fourth-order valence-corrected chi connectivity index (χ4v) is 2.42. The molecule has 2 amide bonds. The van der Waals surface area contributed by atoms with E-state index in [1.165, 1.54) is 0 Å². The first-order chi connectivity index (χ1) is 8.90. The molecule has 0 spiro atoms. The molecule has 0 aliphatic carbocycles. The standard InChI is InChI=1S/C15H24N2O2/c1-6-7-8-9-17-13(11(4)5)14(18)16-12(10(2)3)15(17)19/h10-13H,8-9H2,1-5H3,(H,16,18). The topological polar surface area (TPSA) is 49.4 Å². The van der Waals surface area contributed by atoms with Gasteiger partial charge in [-0.2, -0.15) is 0 Å². The minimum atomic E-state index is -0.405. The normalized spacial score (nSPS) is 23.4. The summed E-state index contributed by atoms with van der Waals surface area (Å²) < 4.78 is 0. The number of hydrogen-bond acceptors (Lipinski definition) is 2. The van der Waals surface area contributed by atoms with Crippen LogP contribution in [0.3, 0.4) is 0 Å². The summed E-state index contributed by atoms with van der Waals surface area (Å²) in [6, 6.07) is -0.779. The van der Waals surface area contributed by atoms with Crippen molar-refractivity contribution in [3.8, 4) is 11.8 Å². The van der Waals surface area contributed by atoms with Gasteiger partial charge in [0.15, 0.2) is 0 Å². The third kappa shape index (κ3) is 3.50. The molecule has 1 N–H and O–H groups in total. The summed E-state index contributed by atoms with van der Waals surface area (Å²) in [7, 11) is 0. The number of hydrogen-bond donors (Lipinski definition) is 1. The van der Waals surface area contributed by atoms with Crippen LogP contribution in [0.2, 0.25) is 0 Å². The Balaban J connectivity index is 2.95. The lowest BCUT2D eigenvalue weighted by Crippen LogP contribution is -2.66. The van der Waals surface area contributed by atoms with Crippen LogP contribution in [0.25, 0.3) is 0 Å². The molecule has 0 aromatic carbocycles. The van der Waals surface area contributed by atoms with Gasteiger partial charge in [0.05, 0.1) is 0 Å². The summed E-state index contributed by atoms with van der Waals surface area (Å²) in [5.74, 6) is 5.96. The molecule has 1 fully saturated rings. The third-order valence-corrected chi connectivity index (χ3v) is 3.40. The van der Waals surface area contributed by atoms with Crippen molar-refractivity contribution in [2.24, 2.45) is 11.8 Å². The van der Waals surface area contributed by atoms with Gasteiger partial charge in [-0.05, 0) is 18.8 Å². The van der Waals surface area contributed by atoms with E-state index in [4.69, 9.17) is 0 Å². The Morgan fingerprint density at radius 3 is 2.32 bits per heavy atom. The average Bonchev–Trinajstić information content (AvgIpc) is 2.32. The Bertz CT molecular complexity index is 404. The molecule has 19 heavy (non-hydrogen) atoms. The van der Waals surface area contributed by atoms with Crippen LogP contribution in [-0.2, 0) is 9.59 Å². The summed E-state index contributed by atoms with van der Waals surface area (Å²) in [6.07, 6.45) is 0.615. The molecule has 0 aromatic rings. The maximum absolute atomic E-state index is 12.5. The summed E-state index contributed by atoms with van der Waals surface area (Å²) >= 11 is 0. The quantitative estimate of drug-likeness (QED) is 0.780. The lowest BCUT2D eigenvalue weighted by Gasteiger charge is -2.41. The van der Waals surface area contributed by atoms with Gasteiger partial charge < -0.3 is 10.2 Å². The molecule has 2 atom stereocenters. The summed E-state index contributed by atoms with van der Waals surface area (Å²) in [4.78, 5) is 26.4. The second-order valence-electron chi connectivity index (χ2n) is 5.63. The van der Waals surface area contributed by atoms with E-state index in [0.717, 1.165) is 0 Å². The van der Waals surface area contributed by atoms with E-state index in [1.807, 2.05) is 27.7 Å². The predicted molar refractivity (Wildman–Crippen MR) is 75.2 cm³/mol. The zero-order valence-corrected chi connectivity index (χ0v) is 12.5. The molecule has 0 saturated carbocycles. The van der Waals surface area contributed by atoms with Gasteiger partial charge in [-0.25, -0.2) is 0 Å². The molecule has 2 unspecified atom stereocenters. The first kappa shape index (κ1) is 15.6. The van der Waals surface area contributed by atoms with E-state index in [9.17, 15) is 9.59 Å². The number of amides is 2. The van der Waals surface area contributed by atoms with Gasteiger partial charge in [0.1, 0.15) is 12.1 Å². The molecule has 1 heterocycles. The number of rotatable bonds is 4. The van der Waals surface area contributed by atoms with Crippen molar-refractivity contribution in [3.05, 3.63) is 0 Å². The highest BCUT2D eigenvalue weighted by molar-refractivity contribution is 5.97. The summed E-state index contributed by atoms with van der Waals surface area (Å²) in [5.41, 5.74) is 0. The Morgan fingerprint density at radius 1 is 1.21 bits per heavy atom. The smallest absolute Gasteiger partial charge is 0.246 e. The highest BCUT2D eigenvalue weighted by Gasteiger charge is 2.42. The second kappa shape index (κ2) is 6.60. The van der Waals surface area contributed by atoms with Crippen molar-refractivity contribution in [1.29, 1.82) is 0 Å². The van der Waals surface area contributed by atoms with E-state index >= 15 is 0 Å². The Morgan fingerprint density at radius 2 is 1.84 bits per heavy atom. The van der Waals surface area contributed by atoms with Crippen LogP contribution in [0.5, 0.6) is 0 Å². The van der Waals surface area contributed by atoms with Crippen molar-refractivity contribution in [2.75, 3.05) is 6.54 Å². The van der Waals surface area contributed by atoms with E-state index in [1.54, 1.807) is 11.8 Å². The number of carbonyl (C=O) groups excluding carboxylic acids is 2. The Kier molecular flexibility index (Phi) is 5.41. The number of carbonyl (C=O) groups is 2. The first-order valence-electron chi connectivity index (χ1n) is 6.90. The molecule has 1 saturated heterocycles. The predicted octanol–water partition coefficient (Wildman–Crippen LogP) is 1.41. The fourth-order valence-electron chi connectivity index (χ4n) is 2.42. The Hall–Kier alpha value is -1.50. The molecule has 1 rings (SSSR count). The molecule has 4 heteroatoms. The second-order valence-corrected chi connectivity index (χ2v) is 5.63. The lowest BCUT2D eigenvalue weighted by molar-refractivity contribution is -0.152. The van der Waals surface area contributed by atoms with Crippen molar-refractivity contribution >= 4 is 11.8 Å². The zero-order chi connectivity index (χ0) is 14.6. The molecular formula is C15H24N2O2. The van der Waals surface area contributed by atoms with Gasteiger partial charge in [-0.1, -0.05) is 27.7 Å². The molecular weight excluding hydrogens is 240 g/mol.